The quantitative estimate of drug-likeness (QED) is 0.907. The Kier molecular flexibility index (Phi) is 4.25. The molecule has 0 saturated heterocycles. The molecular weight excluding hydrogens is 256 g/mol. The normalized spacial score (nSPS) is 10.1. The van der Waals surface area contributed by atoms with Crippen LogP contribution in [0, 0.1) is 6.92 Å². The Balaban J connectivity index is 2.08. The third-order valence-corrected chi connectivity index (χ3v) is 2.93. The minimum absolute atomic E-state index is 0.241. The molecular formula is C16H16O4. The first-order chi connectivity index (χ1) is 9.60. The van der Waals surface area contributed by atoms with Gasteiger partial charge in [-0.2, -0.15) is 0 Å². The van der Waals surface area contributed by atoms with Crippen LogP contribution in [-0.2, 0) is 6.61 Å². The second-order valence-electron chi connectivity index (χ2n) is 4.43. The molecule has 2 aromatic rings. The fourth-order valence-electron chi connectivity index (χ4n) is 1.87. The molecule has 1 N–H and O–H groups in total. The lowest BCUT2D eigenvalue weighted by molar-refractivity contribution is 0.0697. The second-order valence-corrected chi connectivity index (χ2v) is 4.43. The third kappa shape index (κ3) is 3.29. The van der Waals surface area contributed by atoms with E-state index >= 15 is 0 Å². The van der Waals surface area contributed by atoms with Crippen molar-refractivity contribution < 1.29 is 19.4 Å². The van der Waals surface area contributed by atoms with Crippen molar-refractivity contribution in [2.45, 2.75) is 13.5 Å². The van der Waals surface area contributed by atoms with Crippen molar-refractivity contribution in [3.8, 4) is 11.5 Å². The number of carboxylic acids is 1. The van der Waals surface area contributed by atoms with Gasteiger partial charge in [0.1, 0.15) is 18.1 Å². The Hall–Kier alpha value is -2.49. The lowest BCUT2D eigenvalue weighted by Gasteiger charge is -2.11. The Morgan fingerprint density at radius 1 is 1.15 bits per heavy atom. The van der Waals surface area contributed by atoms with Crippen molar-refractivity contribution in [1.29, 1.82) is 0 Å². The van der Waals surface area contributed by atoms with Crippen molar-refractivity contribution in [1.82, 2.24) is 0 Å². The summed E-state index contributed by atoms with van der Waals surface area (Å²) in [6.45, 7) is 2.38. The highest BCUT2D eigenvalue weighted by atomic mass is 16.5. The number of ether oxygens (including phenoxy) is 2. The van der Waals surface area contributed by atoms with Crippen LogP contribution in [0.3, 0.4) is 0 Å². The number of carbonyl (C=O) groups is 1. The largest absolute Gasteiger partial charge is 0.496 e. The number of carboxylic acid groups (broad SMARTS) is 1. The van der Waals surface area contributed by atoms with E-state index in [0.717, 1.165) is 16.9 Å². The SMILES string of the molecule is COc1ccc(C)cc1COc1ccc(C(=O)O)cc1. The molecule has 0 aliphatic rings. The summed E-state index contributed by atoms with van der Waals surface area (Å²) in [5.74, 6) is 0.452. The minimum Gasteiger partial charge on any atom is -0.496 e. The van der Waals surface area contributed by atoms with Gasteiger partial charge in [-0.3, -0.25) is 0 Å². The van der Waals surface area contributed by atoms with E-state index in [2.05, 4.69) is 0 Å². The van der Waals surface area contributed by atoms with Crippen molar-refractivity contribution in [2.75, 3.05) is 7.11 Å². The molecule has 4 heteroatoms. The molecule has 0 radical (unpaired) electrons. The molecule has 0 heterocycles. The molecule has 20 heavy (non-hydrogen) atoms. The molecule has 2 rings (SSSR count). The van der Waals surface area contributed by atoms with Crippen molar-refractivity contribution in [3.05, 3.63) is 59.2 Å². The van der Waals surface area contributed by atoms with Crippen LogP contribution in [0.25, 0.3) is 0 Å². The number of aryl methyl sites for hydroxylation is 1. The molecule has 2 aromatic carbocycles. The van der Waals surface area contributed by atoms with E-state index in [1.165, 1.54) is 12.1 Å². The molecule has 0 atom stereocenters. The molecule has 0 fully saturated rings. The predicted octanol–water partition coefficient (Wildman–Crippen LogP) is 3.28. The van der Waals surface area contributed by atoms with Gasteiger partial charge in [0.05, 0.1) is 12.7 Å². The van der Waals surface area contributed by atoms with E-state index in [1.54, 1.807) is 19.2 Å². The highest BCUT2D eigenvalue weighted by Gasteiger charge is 2.05. The molecule has 0 bridgehead atoms. The van der Waals surface area contributed by atoms with Crippen molar-refractivity contribution in [2.24, 2.45) is 0 Å². The predicted molar refractivity (Wildman–Crippen MR) is 75.5 cm³/mol. The summed E-state index contributed by atoms with van der Waals surface area (Å²) >= 11 is 0. The van der Waals surface area contributed by atoms with Gasteiger partial charge in [-0.25, -0.2) is 4.79 Å². The smallest absolute Gasteiger partial charge is 0.335 e. The lowest BCUT2D eigenvalue weighted by atomic mass is 10.1. The Bertz CT molecular complexity index is 602. The maximum absolute atomic E-state index is 10.8. The van der Waals surface area contributed by atoms with E-state index in [1.807, 2.05) is 25.1 Å². The van der Waals surface area contributed by atoms with Gasteiger partial charge in [-0.05, 0) is 43.3 Å². The zero-order valence-corrected chi connectivity index (χ0v) is 11.4. The first-order valence-corrected chi connectivity index (χ1v) is 6.20. The van der Waals surface area contributed by atoms with Crippen LogP contribution in [-0.4, -0.2) is 18.2 Å². The van der Waals surface area contributed by atoms with E-state index in [-0.39, 0.29) is 5.56 Å². The number of rotatable bonds is 5. The molecule has 4 nitrogen and oxygen atoms in total. The van der Waals surface area contributed by atoms with E-state index in [0.29, 0.717) is 12.4 Å². The van der Waals surface area contributed by atoms with Gasteiger partial charge >= 0.3 is 5.97 Å². The molecule has 0 amide bonds. The van der Waals surface area contributed by atoms with Crippen LogP contribution in [0.1, 0.15) is 21.5 Å². The number of methoxy groups -OCH3 is 1. The topological polar surface area (TPSA) is 55.8 Å². The molecule has 0 spiro atoms. The molecule has 0 saturated carbocycles. The third-order valence-electron chi connectivity index (χ3n) is 2.93. The Morgan fingerprint density at radius 2 is 1.85 bits per heavy atom. The maximum Gasteiger partial charge on any atom is 0.335 e. The Labute approximate surface area is 117 Å². The van der Waals surface area contributed by atoms with E-state index in [4.69, 9.17) is 14.6 Å². The molecule has 0 aliphatic carbocycles. The fourth-order valence-corrected chi connectivity index (χ4v) is 1.87. The Morgan fingerprint density at radius 3 is 2.45 bits per heavy atom. The zero-order chi connectivity index (χ0) is 14.5. The summed E-state index contributed by atoms with van der Waals surface area (Å²) in [7, 11) is 1.62. The van der Waals surface area contributed by atoms with E-state index < -0.39 is 5.97 Å². The molecule has 104 valence electrons. The standard InChI is InChI=1S/C16H16O4/c1-11-3-8-15(19-2)13(9-11)10-20-14-6-4-12(5-7-14)16(17)18/h3-9H,10H2,1-2H3,(H,17,18). The van der Waals surface area contributed by atoms with Crippen LogP contribution in [0.5, 0.6) is 11.5 Å². The van der Waals surface area contributed by atoms with Gasteiger partial charge in [0.15, 0.2) is 0 Å². The van der Waals surface area contributed by atoms with Gasteiger partial charge in [0, 0.05) is 5.56 Å². The van der Waals surface area contributed by atoms with Crippen molar-refractivity contribution in [3.63, 3.8) is 0 Å². The first kappa shape index (κ1) is 13.9. The number of hydrogen-bond donors (Lipinski definition) is 1. The fraction of sp³-hybridized carbons (Fsp3) is 0.188. The summed E-state index contributed by atoms with van der Waals surface area (Å²) in [5, 5.41) is 8.83. The van der Waals surface area contributed by atoms with Crippen LogP contribution in [0.15, 0.2) is 42.5 Å². The van der Waals surface area contributed by atoms with E-state index in [9.17, 15) is 4.79 Å². The second kappa shape index (κ2) is 6.10. The first-order valence-electron chi connectivity index (χ1n) is 6.20. The molecule has 0 unspecified atom stereocenters. The van der Waals surface area contributed by atoms with Crippen LogP contribution >= 0.6 is 0 Å². The monoisotopic (exact) mass is 272 g/mol. The number of aromatic carboxylic acids is 1. The van der Waals surface area contributed by atoms with Gasteiger partial charge in [-0.15, -0.1) is 0 Å². The number of benzene rings is 2. The van der Waals surface area contributed by atoms with Gasteiger partial charge < -0.3 is 14.6 Å². The highest BCUT2D eigenvalue weighted by Crippen LogP contribution is 2.22. The number of hydrogen-bond acceptors (Lipinski definition) is 3. The average molecular weight is 272 g/mol. The average Bonchev–Trinajstić information content (AvgIpc) is 2.45. The molecule has 0 aliphatic heterocycles. The lowest BCUT2D eigenvalue weighted by Crippen LogP contribution is -2.00. The summed E-state index contributed by atoms with van der Waals surface area (Å²) in [6.07, 6.45) is 0. The highest BCUT2D eigenvalue weighted by molar-refractivity contribution is 5.87. The molecule has 0 aromatic heterocycles. The van der Waals surface area contributed by atoms with Crippen LogP contribution in [0.4, 0.5) is 0 Å². The van der Waals surface area contributed by atoms with Gasteiger partial charge in [0.25, 0.3) is 0 Å². The van der Waals surface area contributed by atoms with Gasteiger partial charge in [0.2, 0.25) is 0 Å². The van der Waals surface area contributed by atoms with Crippen LogP contribution in [0.2, 0.25) is 0 Å². The van der Waals surface area contributed by atoms with Crippen molar-refractivity contribution >= 4 is 5.97 Å². The zero-order valence-electron chi connectivity index (χ0n) is 11.4. The van der Waals surface area contributed by atoms with Gasteiger partial charge in [-0.1, -0.05) is 11.6 Å². The summed E-state index contributed by atoms with van der Waals surface area (Å²) in [5.41, 5.74) is 2.32. The summed E-state index contributed by atoms with van der Waals surface area (Å²) in [4.78, 5) is 10.8. The maximum atomic E-state index is 10.8. The summed E-state index contributed by atoms with van der Waals surface area (Å²) < 4.78 is 10.9. The summed E-state index contributed by atoms with van der Waals surface area (Å²) in [6, 6.07) is 12.2. The van der Waals surface area contributed by atoms with Crippen LogP contribution < -0.4 is 9.47 Å². The minimum atomic E-state index is -0.947.